The van der Waals surface area contributed by atoms with E-state index >= 15 is 0 Å². The topological polar surface area (TPSA) is 106 Å². The molecule has 8 heteroatoms. The average molecular weight is 383 g/mol. The van der Waals surface area contributed by atoms with Crippen LogP contribution in [-0.2, 0) is 21.3 Å². The number of benzene rings is 1. The number of hydrogen-bond donors (Lipinski definition) is 3. The van der Waals surface area contributed by atoms with Crippen molar-refractivity contribution < 1.29 is 13.2 Å². The van der Waals surface area contributed by atoms with Gasteiger partial charge in [-0.1, -0.05) is 31.4 Å². The summed E-state index contributed by atoms with van der Waals surface area (Å²) in [7, 11) is -1.98. The van der Waals surface area contributed by atoms with E-state index in [9.17, 15) is 8.42 Å². The van der Waals surface area contributed by atoms with Crippen LogP contribution in [0.2, 0.25) is 0 Å². The van der Waals surface area contributed by atoms with E-state index in [0.717, 1.165) is 25.1 Å². The Morgan fingerprint density at radius 1 is 1.27 bits per heavy atom. The van der Waals surface area contributed by atoms with Crippen LogP contribution in [0.1, 0.15) is 44.1 Å². The van der Waals surface area contributed by atoms with Gasteiger partial charge >= 0.3 is 0 Å². The van der Waals surface area contributed by atoms with E-state index in [1.807, 2.05) is 6.07 Å². The van der Waals surface area contributed by atoms with Crippen molar-refractivity contribution >= 4 is 16.0 Å². The van der Waals surface area contributed by atoms with Crippen molar-refractivity contribution in [3.05, 3.63) is 29.8 Å². The van der Waals surface area contributed by atoms with Gasteiger partial charge in [-0.15, -0.1) is 0 Å². The first kappa shape index (κ1) is 20.7. The minimum Gasteiger partial charge on any atom is -0.378 e. The summed E-state index contributed by atoms with van der Waals surface area (Å²) >= 11 is 0. The van der Waals surface area contributed by atoms with Gasteiger partial charge in [-0.25, -0.2) is 13.6 Å². The Bertz CT molecular complexity index is 685. The van der Waals surface area contributed by atoms with Gasteiger partial charge in [0.2, 0.25) is 10.0 Å². The Kier molecular flexibility index (Phi) is 8.34. The lowest BCUT2D eigenvalue weighted by molar-refractivity contribution is 0.0277. The van der Waals surface area contributed by atoms with Crippen LogP contribution in [0.3, 0.4) is 0 Å². The molecule has 0 aliphatic heterocycles. The second kappa shape index (κ2) is 10.5. The van der Waals surface area contributed by atoms with Gasteiger partial charge in [0.05, 0.1) is 11.0 Å². The highest BCUT2D eigenvalue weighted by molar-refractivity contribution is 7.89. The number of nitrogens with two attached hydrogens (primary N) is 1. The number of rotatable bonds is 8. The number of ether oxygens (including phenoxy) is 1. The molecule has 1 aliphatic carbocycles. The highest BCUT2D eigenvalue weighted by Gasteiger charge is 2.13. The zero-order valence-corrected chi connectivity index (χ0v) is 16.2. The van der Waals surface area contributed by atoms with Crippen LogP contribution in [0.4, 0.5) is 0 Å². The number of guanidine groups is 1. The van der Waals surface area contributed by atoms with Gasteiger partial charge in [-0.05, 0) is 37.0 Å². The van der Waals surface area contributed by atoms with Crippen LogP contribution in [0.15, 0.2) is 34.2 Å². The molecule has 0 bridgehead atoms. The molecule has 4 N–H and O–H groups in total. The molecule has 0 unspecified atom stereocenters. The zero-order valence-electron chi connectivity index (χ0n) is 15.4. The van der Waals surface area contributed by atoms with E-state index in [0.29, 0.717) is 18.6 Å². The van der Waals surface area contributed by atoms with E-state index in [1.165, 1.54) is 38.2 Å². The maximum absolute atomic E-state index is 11.4. The lowest BCUT2D eigenvalue weighted by atomic mass is 9.98. The molecule has 0 saturated heterocycles. The van der Waals surface area contributed by atoms with Crippen molar-refractivity contribution in [1.82, 2.24) is 10.6 Å². The highest BCUT2D eigenvalue weighted by atomic mass is 32.2. The van der Waals surface area contributed by atoms with Gasteiger partial charge in [0.15, 0.2) is 5.96 Å². The minimum atomic E-state index is -3.69. The van der Waals surface area contributed by atoms with Crippen LogP contribution in [0.5, 0.6) is 0 Å². The summed E-state index contributed by atoms with van der Waals surface area (Å²) in [6, 6.07) is 6.56. The molecule has 1 saturated carbocycles. The fraction of sp³-hybridized carbons (Fsp3) is 0.611. The van der Waals surface area contributed by atoms with Gasteiger partial charge < -0.3 is 15.4 Å². The SMILES string of the molecule is CN=C(NCCCOC1CCCCC1)NCc1cccc(S(N)(=O)=O)c1. The number of hydrogen-bond acceptors (Lipinski definition) is 4. The molecule has 0 heterocycles. The van der Waals surface area contributed by atoms with Gasteiger partial charge in [-0.3, -0.25) is 4.99 Å². The molecule has 2 rings (SSSR count). The molecule has 146 valence electrons. The van der Waals surface area contributed by atoms with Crippen LogP contribution in [0.25, 0.3) is 0 Å². The molecule has 1 aromatic rings. The van der Waals surface area contributed by atoms with E-state index in [1.54, 1.807) is 19.2 Å². The van der Waals surface area contributed by atoms with Crippen molar-refractivity contribution in [3.63, 3.8) is 0 Å². The van der Waals surface area contributed by atoms with E-state index in [4.69, 9.17) is 9.88 Å². The molecule has 0 amide bonds. The largest absolute Gasteiger partial charge is 0.378 e. The molecular formula is C18H30N4O3S. The lowest BCUT2D eigenvalue weighted by Gasteiger charge is -2.22. The molecule has 0 atom stereocenters. The molecule has 26 heavy (non-hydrogen) atoms. The Morgan fingerprint density at radius 3 is 2.73 bits per heavy atom. The number of primary sulfonamides is 1. The number of sulfonamides is 1. The molecule has 1 aromatic carbocycles. The third-order valence-electron chi connectivity index (χ3n) is 4.43. The van der Waals surface area contributed by atoms with Crippen LogP contribution in [-0.4, -0.2) is 40.7 Å². The maximum atomic E-state index is 11.4. The number of nitrogens with one attached hydrogen (secondary N) is 2. The second-order valence-electron chi connectivity index (χ2n) is 6.53. The maximum Gasteiger partial charge on any atom is 0.238 e. The van der Waals surface area contributed by atoms with Gasteiger partial charge in [0.25, 0.3) is 0 Å². The van der Waals surface area contributed by atoms with Crippen LogP contribution in [0, 0.1) is 0 Å². The molecular weight excluding hydrogens is 352 g/mol. The molecule has 0 spiro atoms. The minimum absolute atomic E-state index is 0.111. The fourth-order valence-corrected chi connectivity index (χ4v) is 3.58. The van der Waals surface area contributed by atoms with Crippen molar-refractivity contribution in [2.75, 3.05) is 20.2 Å². The van der Waals surface area contributed by atoms with Crippen molar-refractivity contribution in [1.29, 1.82) is 0 Å². The van der Waals surface area contributed by atoms with E-state index in [2.05, 4.69) is 15.6 Å². The van der Waals surface area contributed by atoms with Crippen molar-refractivity contribution in [2.45, 2.75) is 56.1 Å². The third kappa shape index (κ3) is 7.31. The molecule has 0 radical (unpaired) electrons. The average Bonchev–Trinajstić information content (AvgIpc) is 2.64. The highest BCUT2D eigenvalue weighted by Crippen LogP contribution is 2.20. The molecule has 1 fully saturated rings. The van der Waals surface area contributed by atoms with Gasteiger partial charge in [-0.2, -0.15) is 0 Å². The summed E-state index contributed by atoms with van der Waals surface area (Å²) in [4.78, 5) is 4.28. The fourth-order valence-electron chi connectivity index (χ4n) is 3.00. The number of nitrogens with zero attached hydrogens (tertiary/aromatic N) is 1. The summed E-state index contributed by atoms with van der Waals surface area (Å²) in [6.07, 6.45) is 7.63. The predicted octanol–water partition coefficient (Wildman–Crippen LogP) is 1.74. The lowest BCUT2D eigenvalue weighted by Crippen LogP contribution is -2.37. The van der Waals surface area contributed by atoms with Crippen molar-refractivity contribution in [2.24, 2.45) is 10.1 Å². The normalized spacial score (nSPS) is 16.5. The van der Waals surface area contributed by atoms with Crippen LogP contribution >= 0.6 is 0 Å². The molecule has 7 nitrogen and oxygen atoms in total. The molecule has 1 aliphatic rings. The zero-order chi connectivity index (χ0) is 18.8. The molecule has 0 aromatic heterocycles. The quantitative estimate of drug-likeness (QED) is 0.361. The first-order valence-electron chi connectivity index (χ1n) is 9.17. The van der Waals surface area contributed by atoms with Gasteiger partial charge in [0, 0.05) is 26.7 Å². The number of aliphatic imine (C=N–C) groups is 1. The first-order chi connectivity index (χ1) is 12.5. The first-order valence-corrected chi connectivity index (χ1v) is 10.7. The van der Waals surface area contributed by atoms with E-state index in [-0.39, 0.29) is 4.90 Å². The Balaban J connectivity index is 1.67. The monoisotopic (exact) mass is 382 g/mol. The Labute approximate surface area is 156 Å². The summed E-state index contributed by atoms with van der Waals surface area (Å²) in [6.45, 7) is 1.98. The smallest absolute Gasteiger partial charge is 0.238 e. The van der Waals surface area contributed by atoms with Crippen molar-refractivity contribution in [3.8, 4) is 0 Å². The van der Waals surface area contributed by atoms with E-state index < -0.39 is 10.0 Å². The summed E-state index contributed by atoms with van der Waals surface area (Å²) in [5.74, 6) is 0.670. The second-order valence-corrected chi connectivity index (χ2v) is 8.09. The Hall–Kier alpha value is -1.64. The summed E-state index contributed by atoms with van der Waals surface area (Å²) < 4.78 is 28.7. The predicted molar refractivity (Wildman–Crippen MR) is 103 cm³/mol. The third-order valence-corrected chi connectivity index (χ3v) is 5.34. The van der Waals surface area contributed by atoms with Crippen LogP contribution < -0.4 is 15.8 Å². The Morgan fingerprint density at radius 2 is 2.04 bits per heavy atom. The summed E-state index contributed by atoms with van der Waals surface area (Å²) in [5.41, 5.74) is 0.820. The van der Waals surface area contributed by atoms with Gasteiger partial charge in [0.1, 0.15) is 0 Å². The summed E-state index contributed by atoms with van der Waals surface area (Å²) in [5, 5.41) is 11.6. The standard InChI is InChI=1S/C18H30N4O3S/c1-20-18(21-11-6-12-25-16-8-3-2-4-9-16)22-14-15-7-5-10-17(13-15)26(19,23)24/h5,7,10,13,16H,2-4,6,8-9,11-12,14H2,1H3,(H2,19,23,24)(H2,20,21,22).